The zero-order valence-electron chi connectivity index (χ0n) is 27.7. The number of rotatable bonds is 16. The third-order valence-corrected chi connectivity index (χ3v) is 7.75. The minimum atomic E-state index is -1.13. The monoisotopic (exact) mass is 624 g/mol. The van der Waals surface area contributed by atoms with Crippen molar-refractivity contribution >= 4 is 23.8 Å². The topological polar surface area (TPSA) is 160 Å². The molecular weight excluding hydrogens is 572 g/mol. The van der Waals surface area contributed by atoms with E-state index in [0.717, 1.165) is 11.1 Å². The Bertz CT molecular complexity index is 1230. The Morgan fingerprint density at radius 1 is 0.800 bits per heavy atom. The number of carbonyl (C=O) groups excluding carboxylic acids is 4. The van der Waals surface area contributed by atoms with Crippen molar-refractivity contribution in [3.05, 3.63) is 71.8 Å². The lowest BCUT2D eigenvalue weighted by molar-refractivity contribution is -0.134. The molecule has 0 saturated carbocycles. The third kappa shape index (κ3) is 12.9. The largest absolute Gasteiger partial charge is 0.444 e. The second-order valence-corrected chi connectivity index (χ2v) is 13.1. The van der Waals surface area contributed by atoms with Crippen molar-refractivity contribution in [1.29, 1.82) is 0 Å². The van der Waals surface area contributed by atoms with E-state index < -0.39 is 59.6 Å². The zero-order valence-corrected chi connectivity index (χ0v) is 27.7. The molecule has 0 spiro atoms. The molecule has 3 unspecified atom stereocenters. The number of primary amides is 1. The summed E-state index contributed by atoms with van der Waals surface area (Å²) in [5.74, 6) is -2.81. The van der Waals surface area contributed by atoms with Crippen LogP contribution in [0.3, 0.4) is 0 Å². The van der Waals surface area contributed by atoms with Gasteiger partial charge in [-0.1, -0.05) is 94.8 Å². The highest BCUT2D eigenvalue weighted by atomic mass is 16.6. The molecule has 45 heavy (non-hydrogen) atoms. The van der Waals surface area contributed by atoms with E-state index in [4.69, 9.17) is 10.5 Å². The normalized spacial score (nSPS) is 15.6. The summed E-state index contributed by atoms with van der Waals surface area (Å²) in [4.78, 5) is 52.1. The minimum absolute atomic E-state index is 0.00121. The molecule has 248 valence electrons. The van der Waals surface area contributed by atoms with Crippen molar-refractivity contribution in [2.75, 3.05) is 0 Å². The van der Waals surface area contributed by atoms with Crippen LogP contribution in [0.25, 0.3) is 0 Å². The maximum absolute atomic E-state index is 14.0. The van der Waals surface area contributed by atoms with Gasteiger partial charge in [-0.15, -0.1) is 0 Å². The molecule has 10 heteroatoms. The smallest absolute Gasteiger partial charge is 0.407 e. The number of nitrogens with one attached hydrogen (secondary N) is 3. The fourth-order valence-electron chi connectivity index (χ4n) is 5.03. The third-order valence-electron chi connectivity index (χ3n) is 7.75. The van der Waals surface area contributed by atoms with E-state index >= 15 is 0 Å². The Morgan fingerprint density at radius 3 is 1.78 bits per heavy atom. The van der Waals surface area contributed by atoms with E-state index in [1.807, 2.05) is 74.5 Å². The number of hydrogen-bond acceptors (Lipinski definition) is 6. The first-order valence-corrected chi connectivity index (χ1v) is 15.8. The van der Waals surface area contributed by atoms with Crippen molar-refractivity contribution in [1.82, 2.24) is 16.0 Å². The average molecular weight is 625 g/mol. The molecule has 6 N–H and O–H groups in total. The molecule has 6 atom stereocenters. The van der Waals surface area contributed by atoms with Crippen LogP contribution in [0.4, 0.5) is 4.79 Å². The van der Waals surface area contributed by atoms with Gasteiger partial charge in [-0.2, -0.15) is 0 Å². The van der Waals surface area contributed by atoms with Crippen LogP contribution < -0.4 is 21.7 Å². The molecule has 2 rings (SSSR count). The quantitative estimate of drug-likeness (QED) is 0.191. The Kier molecular flexibility index (Phi) is 14.5. The van der Waals surface area contributed by atoms with Gasteiger partial charge in [-0.05, 0) is 63.0 Å². The minimum Gasteiger partial charge on any atom is -0.444 e. The van der Waals surface area contributed by atoms with E-state index in [1.54, 1.807) is 34.6 Å². The van der Waals surface area contributed by atoms with Crippen molar-refractivity contribution in [2.45, 2.75) is 104 Å². The highest BCUT2D eigenvalue weighted by molar-refractivity contribution is 5.92. The van der Waals surface area contributed by atoms with Gasteiger partial charge >= 0.3 is 6.09 Å². The van der Waals surface area contributed by atoms with E-state index in [1.165, 1.54) is 0 Å². The van der Waals surface area contributed by atoms with Gasteiger partial charge in [0.15, 0.2) is 0 Å². The van der Waals surface area contributed by atoms with Gasteiger partial charge in [0.05, 0.1) is 12.1 Å². The van der Waals surface area contributed by atoms with Crippen molar-refractivity contribution in [3.8, 4) is 0 Å². The number of ether oxygens (including phenoxy) is 1. The second-order valence-electron chi connectivity index (χ2n) is 13.1. The Hall–Kier alpha value is -3.92. The van der Waals surface area contributed by atoms with Crippen LogP contribution in [-0.4, -0.2) is 58.8 Å². The lowest BCUT2D eigenvalue weighted by Gasteiger charge is -2.31. The summed E-state index contributed by atoms with van der Waals surface area (Å²) in [6.07, 6.45) is -0.616. The molecule has 4 amide bonds. The number of nitrogens with two attached hydrogens (primary N) is 1. The molecule has 0 bridgehead atoms. The van der Waals surface area contributed by atoms with E-state index in [0.29, 0.717) is 19.3 Å². The molecule has 2 aromatic carbocycles. The summed E-state index contributed by atoms with van der Waals surface area (Å²) in [6.45, 7) is 12.6. The van der Waals surface area contributed by atoms with Crippen molar-refractivity contribution < 1.29 is 29.0 Å². The van der Waals surface area contributed by atoms with Gasteiger partial charge in [0.2, 0.25) is 17.7 Å². The molecular formula is C35H52N4O6. The highest BCUT2D eigenvalue weighted by Crippen LogP contribution is 2.21. The van der Waals surface area contributed by atoms with Gasteiger partial charge in [0, 0.05) is 5.92 Å². The molecule has 0 heterocycles. The molecule has 0 saturated heterocycles. The van der Waals surface area contributed by atoms with Crippen molar-refractivity contribution in [2.24, 2.45) is 23.5 Å². The molecule has 10 nitrogen and oxygen atoms in total. The fourth-order valence-corrected chi connectivity index (χ4v) is 5.03. The van der Waals surface area contributed by atoms with Crippen LogP contribution in [-0.2, 0) is 32.0 Å². The van der Waals surface area contributed by atoms with E-state index in [9.17, 15) is 24.3 Å². The summed E-state index contributed by atoms with van der Waals surface area (Å²) in [5.41, 5.74) is 6.56. The zero-order chi connectivity index (χ0) is 33.7. The van der Waals surface area contributed by atoms with Gasteiger partial charge < -0.3 is 31.5 Å². The summed E-state index contributed by atoms with van der Waals surface area (Å²) >= 11 is 0. The standard InChI is InChI=1S/C35H52N4O6/c1-8-23(4)30(33(43)38-29(22(2)3)31(36)41)39-32(42)26(19-24-15-11-9-12-16-24)21-28(40)27(20-25-17-13-10-14-18-25)37-34(44)45-35(5,6)7/h9-18,22-23,26-30,40H,8,19-21H2,1-7H3,(H2,36,41)(H,37,44)(H,38,43)(H,39,42)/t23-,26?,27?,28?,29+,30-/m0/s1. The number of amides is 4. The van der Waals surface area contributed by atoms with Gasteiger partial charge in [0.1, 0.15) is 17.7 Å². The van der Waals surface area contributed by atoms with E-state index in [2.05, 4.69) is 16.0 Å². The van der Waals surface area contributed by atoms with Crippen LogP contribution in [0, 0.1) is 17.8 Å². The number of alkyl carbamates (subject to hydrolysis) is 1. The molecule has 2 aromatic rings. The van der Waals surface area contributed by atoms with E-state index in [-0.39, 0.29) is 18.3 Å². The Labute approximate surface area is 267 Å². The molecule has 0 aromatic heterocycles. The highest BCUT2D eigenvalue weighted by Gasteiger charge is 2.34. The second kappa shape index (κ2) is 17.5. The molecule has 0 aliphatic rings. The predicted octanol–water partition coefficient (Wildman–Crippen LogP) is 3.89. The SMILES string of the molecule is CC[C@H](C)[C@H](NC(=O)C(Cc1ccccc1)CC(O)C(Cc1ccccc1)NC(=O)OC(C)(C)C)C(=O)N[C@@H](C(N)=O)C(C)C. The maximum Gasteiger partial charge on any atom is 0.407 e. The first-order valence-electron chi connectivity index (χ1n) is 15.8. The van der Waals surface area contributed by atoms with Gasteiger partial charge in [-0.25, -0.2) is 4.79 Å². The van der Waals surface area contributed by atoms with Crippen LogP contribution >= 0.6 is 0 Å². The number of hydrogen-bond donors (Lipinski definition) is 5. The maximum atomic E-state index is 14.0. The van der Waals surface area contributed by atoms with Crippen LogP contribution in [0.1, 0.15) is 72.4 Å². The predicted molar refractivity (Wildman–Crippen MR) is 175 cm³/mol. The number of aliphatic hydroxyl groups excluding tert-OH is 1. The fraction of sp³-hybridized carbons (Fsp3) is 0.543. The number of aliphatic hydroxyl groups is 1. The first-order chi connectivity index (χ1) is 21.1. The number of carbonyl (C=O) groups is 4. The molecule has 0 aliphatic heterocycles. The first kappa shape index (κ1) is 37.3. The lowest BCUT2D eigenvalue weighted by atomic mass is 9.88. The van der Waals surface area contributed by atoms with Crippen LogP contribution in [0.5, 0.6) is 0 Å². The summed E-state index contributed by atoms with van der Waals surface area (Å²) in [5, 5.41) is 20.0. The average Bonchev–Trinajstić information content (AvgIpc) is 2.97. The number of benzene rings is 2. The van der Waals surface area contributed by atoms with Gasteiger partial charge in [-0.3, -0.25) is 14.4 Å². The Balaban J connectivity index is 2.37. The van der Waals surface area contributed by atoms with Gasteiger partial charge in [0.25, 0.3) is 0 Å². The summed E-state index contributed by atoms with van der Waals surface area (Å²) in [7, 11) is 0. The lowest BCUT2D eigenvalue weighted by Crippen LogP contribution is -2.57. The van der Waals surface area contributed by atoms with Crippen LogP contribution in [0.15, 0.2) is 60.7 Å². The van der Waals surface area contributed by atoms with Crippen molar-refractivity contribution in [3.63, 3.8) is 0 Å². The molecule has 0 aliphatic carbocycles. The molecule has 0 radical (unpaired) electrons. The van der Waals surface area contributed by atoms with Crippen LogP contribution in [0.2, 0.25) is 0 Å². The summed E-state index contributed by atoms with van der Waals surface area (Å²) < 4.78 is 5.47. The summed E-state index contributed by atoms with van der Waals surface area (Å²) in [6, 6.07) is 16.3. The molecule has 0 fully saturated rings. The Morgan fingerprint density at radius 2 is 1.31 bits per heavy atom.